The number of halogens is 2. The fourth-order valence-electron chi connectivity index (χ4n) is 1.67. The van der Waals surface area contributed by atoms with E-state index in [1.807, 2.05) is 0 Å². The van der Waals surface area contributed by atoms with Crippen LogP contribution >= 0.6 is 0 Å². The number of nitrogens with zero attached hydrogens (tertiary/aromatic N) is 1. The molecule has 0 aliphatic carbocycles. The lowest BCUT2D eigenvalue weighted by Crippen LogP contribution is -2.53. The maximum absolute atomic E-state index is 12.4. The second kappa shape index (κ2) is 5.05. The van der Waals surface area contributed by atoms with Crippen molar-refractivity contribution in [2.24, 2.45) is 0 Å². The number of aliphatic carboxylic acids is 1. The summed E-state index contributed by atoms with van der Waals surface area (Å²) in [6.07, 6.45) is -0.828. The average Bonchev–Trinajstić information content (AvgIpc) is 2.14. The summed E-state index contributed by atoms with van der Waals surface area (Å²) in [5.41, 5.74) is 0. The van der Waals surface area contributed by atoms with Gasteiger partial charge in [-0.15, -0.1) is 0 Å². The number of carboxylic acids is 1. The molecule has 0 aromatic rings. The first-order valence-corrected chi connectivity index (χ1v) is 8.10. The molecule has 1 heterocycles. The lowest BCUT2D eigenvalue weighted by molar-refractivity contribution is -0.137. The minimum Gasteiger partial charge on any atom is -0.481 e. The van der Waals surface area contributed by atoms with Gasteiger partial charge in [-0.25, -0.2) is 16.8 Å². The van der Waals surface area contributed by atoms with Crippen molar-refractivity contribution in [1.29, 1.82) is 0 Å². The highest BCUT2D eigenvalue weighted by Gasteiger charge is 2.43. The Balaban J connectivity index is 3.06. The number of rotatable bonds is 4. The van der Waals surface area contributed by atoms with E-state index in [4.69, 9.17) is 5.11 Å². The number of carboxylic acid groups (broad SMARTS) is 1. The smallest absolute Gasteiger partial charge is 0.350 e. The molecule has 0 amide bonds. The van der Waals surface area contributed by atoms with E-state index in [-0.39, 0.29) is 4.31 Å². The largest absolute Gasteiger partial charge is 0.481 e. The van der Waals surface area contributed by atoms with Crippen molar-refractivity contribution in [3.8, 4) is 0 Å². The molecule has 0 spiro atoms. The van der Waals surface area contributed by atoms with E-state index in [9.17, 15) is 30.4 Å². The molecule has 1 N–H and O–H groups in total. The van der Waals surface area contributed by atoms with Gasteiger partial charge >= 0.3 is 11.7 Å². The third-order valence-corrected chi connectivity index (χ3v) is 5.72. The molecule has 1 aliphatic rings. The molecular formula is C7H11F2NO6S2. The van der Waals surface area contributed by atoms with Crippen molar-refractivity contribution < 1.29 is 35.5 Å². The quantitative estimate of drug-likeness (QED) is 0.722. The van der Waals surface area contributed by atoms with Gasteiger partial charge < -0.3 is 5.11 Å². The predicted octanol–water partition coefficient (Wildman–Crippen LogP) is -0.887. The zero-order valence-electron chi connectivity index (χ0n) is 8.99. The highest BCUT2D eigenvalue weighted by Crippen LogP contribution is 2.22. The van der Waals surface area contributed by atoms with Crippen LogP contribution in [0.4, 0.5) is 8.78 Å². The summed E-state index contributed by atoms with van der Waals surface area (Å²) in [6.45, 7) is -0.646. The van der Waals surface area contributed by atoms with Gasteiger partial charge in [-0.2, -0.15) is 13.1 Å². The van der Waals surface area contributed by atoms with Crippen LogP contribution < -0.4 is 0 Å². The van der Waals surface area contributed by atoms with E-state index in [1.54, 1.807) is 0 Å². The molecule has 1 unspecified atom stereocenters. The molecule has 1 fully saturated rings. The van der Waals surface area contributed by atoms with Gasteiger partial charge in [0.2, 0.25) is 0 Å². The van der Waals surface area contributed by atoms with Crippen molar-refractivity contribution in [3.63, 3.8) is 0 Å². The number of hydrogen-bond donors (Lipinski definition) is 1. The van der Waals surface area contributed by atoms with Gasteiger partial charge in [0.15, 0.2) is 9.84 Å². The monoisotopic (exact) mass is 307 g/mol. The predicted molar refractivity (Wildman–Crippen MR) is 56.3 cm³/mol. The van der Waals surface area contributed by atoms with Gasteiger partial charge in [-0.1, -0.05) is 0 Å². The van der Waals surface area contributed by atoms with Crippen molar-refractivity contribution >= 4 is 25.8 Å². The van der Waals surface area contributed by atoms with Crippen molar-refractivity contribution in [2.45, 2.75) is 18.2 Å². The Morgan fingerprint density at radius 1 is 1.44 bits per heavy atom. The number of carbonyl (C=O) groups is 1. The van der Waals surface area contributed by atoms with Crippen LogP contribution in [0, 0.1) is 0 Å². The van der Waals surface area contributed by atoms with Gasteiger partial charge in [0, 0.05) is 12.6 Å². The molecule has 0 aromatic heterocycles. The summed E-state index contributed by atoms with van der Waals surface area (Å²) in [7, 11) is -8.58. The van der Waals surface area contributed by atoms with Crippen LogP contribution in [0.5, 0.6) is 0 Å². The fraction of sp³-hybridized carbons (Fsp3) is 0.857. The van der Waals surface area contributed by atoms with Crippen LogP contribution in [0.15, 0.2) is 0 Å². The van der Waals surface area contributed by atoms with Gasteiger partial charge in [0.25, 0.3) is 10.0 Å². The zero-order valence-corrected chi connectivity index (χ0v) is 10.6. The van der Waals surface area contributed by atoms with E-state index in [1.165, 1.54) is 0 Å². The Morgan fingerprint density at radius 2 is 2.00 bits per heavy atom. The molecule has 7 nitrogen and oxygen atoms in total. The highest BCUT2D eigenvalue weighted by molar-refractivity contribution is 7.92. The average molecular weight is 307 g/mol. The molecule has 0 aromatic carbocycles. The molecule has 1 atom stereocenters. The summed E-state index contributed by atoms with van der Waals surface area (Å²) in [5, 5.41) is 8.55. The number of sulfone groups is 1. The molecule has 1 saturated heterocycles. The normalized spacial score (nSPS) is 25.2. The molecular weight excluding hydrogens is 296 g/mol. The minimum absolute atomic E-state index is 0.271. The molecule has 11 heteroatoms. The van der Waals surface area contributed by atoms with Crippen LogP contribution in [-0.2, 0) is 24.7 Å². The van der Waals surface area contributed by atoms with Crippen LogP contribution in [0.2, 0.25) is 0 Å². The Kier molecular flexibility index (Phi) is 4.28. The highest BCUT2D eigenvalue weighted by atomic mass is 32.2. The van der Waals surface area contributed by atoms with Crippen molar-refractivity contribution in [2.75, 3.05) is 18.1 Å². The Labute approximate surface area is 102 Å². The molecule has 0 radical (unpaired) electrons. The number of sulfonamides is 1. The molecule has 106 valence electrons. The van der Waals surface area contributed by atoms with E-state index >= 15 is 0 Å². The van der Waals surface area contributed by atoms with Gasteiger partial charge in [-0.05, 0) is 0 Å². The Hall–Kier alpha value is -0.810. The molecule has 0 saturated carbocycles. The maximum Gasteiger partial charge on any atom is 0.350 e. The minimum atomic E-state index is -4.97. The first kappa shape index (κ1) is 15.2. The molecule has 1 aliphatic heterocycles. The lowest BCUT2D eigenvalue weighted by atomic mass is 10.2. The van der Waals surface area contributed by atoms with E-state index in [2.05, 4.69) is 0 Å². The van der Waals surface area contributed by atoms with Crippen LogP contribution in [0.25, 0.3) is 0 Å². The Morgan fingerprint density at radius 3 is 2.44 bits per heavy atom. The van der Waals surface area contributed by atoms with Gasteiger partial charge in [0.1, 0.15) is 0 Å². The lowest BCUT2D eigenvalue weighted by Gasteiger charge is -2.33. The zero-order chi connectivity index (χ0) is 14.1. The van der Waals surface area contributed by atoms with Gasteiger partial charge in [0.05, 0.1) is 17.9 Å². The van der Waals surface area contributed by atoms with Crippen molar-refractivity contribution in [1.82, 2.24) is 4.31 Å². The number of hydrogen-bond acceptors (Lipinski definition) is 5. The summed E-state index contributed by atoms with van der Waals surface area (Å²) in [5.74, 6) is -6.50. The second-order valence-corrected chi connectivity index (χ2v) is 7.87. The standard InChI is InChI=1S/C7H11F2NO6S2/c8-7(9)18(15,16)10-1-2-17(13,14)4-5(10)3-6(11)12/h5,7H,1-4H2,(H,11,12). The summed E-state index contributed by atoms with van der Waals surface area (Å²) in [6, 6.07) is -1.49. The molecule has 0 bridgehead atoms. The van der Waals surface area contributed by atoms with Crippen LogP contribution in [0.3, 0.4) is 0 Å². The van der Waals surface area contributed by atoms with E-state index < -0.39 is 62.1 Å². The first-order valence-electron chi connectivity index (χ1n) is 4.77. The number of alkyl halides is 2. The van der Waals surface area contributed by atoms with Crippen LogP contribution in [-0.4, -0.2) is 62.1 Å². The topological polar surface area (TPSA) is 109 Å². The van der Waals surface area contributed by atoms with Crippen molar-refractivity contribution in [3.05, 3.63) is 0 Å². The Bertz CT molecular complexity index is 528. The van der Waals surface area contributed by atoms with E-state index in [0.717, 1.165) is 0 Å². The summed E-state index contributed by atoms with van der Waals surface area (Å²) >= 11 is 0. The summed E-state index contributed by atoms with van der Waals surface area (Å²) < 4.78 is 70.1. The first-order chi connectivity index (χ1) is 8.06. The summed E-state index contributed by atoms with van der Waals surface area (Å²) in [4.78, 5) is 10.5. The maximum atomic E-state index is 12.4. The third-order valence-electron chi connectivity index (χ3n) is 2.44. The third kappa shape index (κ3) is 3.36. The molecule has 18 heavy (non-hydrogen) atoms. The van der Waals surface area contributed by atoms with Crippen LogP contribution in [0.1, 0.15) is 6.42 Å². The SMILES string of the molecule is O=C(O)CC1CS(=O)(=O)CCN1S(=O)(=O)C(F)F. The van der Waals surface area contributed by atoms with E-state index in [0.29, 0.717) is 0 Å². The fourth-order valence-corrected chi connectivity index (χ4v) is 4.52. The van der Waals surface area contributed by atoms with Gasteiger partial charge in [-0.3, -0.25) is 4.79 Å². The second-order valence-electron chi connectivity index (χ2n) is 3.78. The molecule has 1 rings (SSSR count).